The minimum Gasteiger partial charge on any atom is -0.352 e. The zero-order valence-electron chi connectivity index (χ0n) is 15.2. The van der Waals surface area contributed by atoms with Crippen LogP contribution in [0.15, 0.2) is 24.3 Å². The van der Waals surface area contributed by atoms with E-state index in [4.69, 9.17) is 11.6 Å². The van der Waals surface area contributed by atoms with Crippen molar-refractivity contribution in [1.29, 1.82) is 0 Å². The number of carbonyl (C=O) groups is 2. The minimum absolute atomic E-state index is 0.00000593. The van der Waals surface area contributed by atoms with Crippen molar-refractivity contribution in [3.8, 4) is 0 Å². The number of hydrogen-bond donors (Lipinski definition) is 2. The first-order valence-corrected chi connectivity index (χ1v) is 9.72. The van der Waals surface area contributed by atoms with Crippen molar-refractivity contribution >= 4 is 23.4 Å². The number of carbonyl (C=O) groups excluding carboxylic acids is 2. The lowest BCUT2D eigenvalue weighted by molar-refractivity contribution is -0.124. The van der Waals surface area contributed by atoms with Gasteiger partial charge < -0.3 is 10.6 Å². The van der Waals surface area contributed by atoms with Gasteiger partial charge in [-0.3, -0.25) is 9.59 Å². The maximum absolute atomic E-state index is 12.7. The largest absolute Gasteiger partial charge is 0.352 e. The molecule has 1 aliphatic rings. The molecule has 0 radical (unpaired) electrons. The molecule has 25 heavy (non-hydrogen) atoms. The minimum atomic E-state index is -0.561. The van der Waals surface area contributed by atoms with E-state index >= 15 is 0 Å². The fraction of sp³-hybridized carbons (Fsp3) is 0.600. The Morgan fingerprint density at radius 2 is 1.64 bits per heavy atom. The maximum Gasteiger partial charge on any atom is 0.253 e. The molecule has 1 aliphatic carbocycles. The Labute approximate surface area is 155 Å². The van der Waals surface area contributed by atoms with Crippen LogP contribution in [0.2, 0.25) is 5.02 Å². The number of benzene rings is 1. The van der Waals surface area contributed by atoms with Crippen LogP contribution in [0.25, 0.3) is 0 Å². The summed E-state index contributed by atoms with van der Waals surface area (Å²) in [7, 11) is 0. The van der Waals surface area contributed by atoms with Crippen LogP contribution in [-0.4, -0.2) is 23.9 Å². The molecule has 1 fully saturated rings. The molecule has 1 saturated carbocycles. The first-order valence-electron chi connectivity index (χ1n) is 9.35. The molecule has 0 aliphatic heterocycles. The van der Waals surface area contributed by atoms with Crippen LogP contribution in [0.4, 0.5) is 0 Å². The Hall–Kier alpha value is -1.55. The Kier molecular flexibility index (Phi) is 7.76. The summed E-state index contributed by atoms with van der Waals surface area (Å²) in [6.07, 6.45) is 8.13. The van der Waals surface area contributed by atoms with E-state index in [9.17, 15) is 9.59 Å². The number of halogens is 1. The van der Waals surface area contributed by atoms with Crippen molar-refractivity contribution in [2.75, 3.05) is 0 Å². The smallest absolute Gasteiger partial charge is 0.253 e. The van der Waals surface area contributed by atoms with Gasteiger partial charge in [0.25, 0.3) is 5.91 Å². The number of nitrogens with one attached hydrogen (secondary N) is 2. The molecule has 1 unspecified atom stereocenters. The van der Waals surface area contributed by atoms with E-state index in [1.165, 1.54) is 19.3 Å². The molecule has 0 heterocycles. The van der Waals surface area contributed by atoms with Gasteiger partial charge in [-0.05, 0) is 30.9 Å². The number of amides is 2. The predicted octanol–water partition coefficient (Wildman–Crippen LogP) is 4.32. The van der Waals surface area contributed by atoms with Crippen molar-refractivity contribution in [3.63, 3.8) is 0 Å². The molecule has 2 amide bonds. The second-order valence-electron chi connectivity index (χ2n) is 7.23. The molecule has 1 aromatic rings. The quantitative estimate of drug-likeness (QED) is 0.817. The van der Waals surface area contributed by atoms with Gasteiger partial charge in [-0.15, -0.1) is 0 Å². The molecule has 4 nitrogen and oxygen atoms in total. The third-order valence-electron chi connectivity index (χ3n) is 4.81. The normalized spacial score (nSPS) is 17.4. The molecule has 0 spiro atoms. The van der Waals surface area contributed by atoms with Gasteiger partial charge in [-0.1, -0.05) is 69.7 Å². The van der Waals surface area contributed by atoms with Gasteiger partial charge in [0.05, 0.1) is 10.6 Å². The summed E-state index contributed by atoms with van der Waals surface area (Å²) < 4.78 is 0. The molecule has 1 aromatic carbocycles. The highest BCUT2D eigenvalue weighted by Gasteiger charge is 2.27. The molecule has 0 aromatic heterocycles. The third kappa shape index (κ3) is 6.03. The molecule has 2 N–H and O–H groups in total. The first kappa shape index (κ1) is 19.8. The van der Waals surface area contributed by atoms with Crippen molar-refractivity contribution in [2.45, 2.75) is 70.9 Å². The van der Waals surface area contributed by atoms with Crippen molar-refractivity contribution in [1.82, 2.24) is 10.6 Å². The maximum atomic E-state index is 12.7. The van der Waals surface area contributed by atoms with Crippen molar-refractivity contribution < 1.29 is 9.59 Å². The highest BCUT2D eigenvalue weighted by atomic mass is 35.5. The van der Waals surface area contributed by atoms with E-state index in [2.05, 4.69) is 10.6 Å². The predicted molar refractivity (Wildman–Crippen MR) is 102 cm³/mol. The summed E-state index contributed by atoms with van der Waals surface area (Å²) in [4.78, 5) is 25.2. The Morgan fingerprint density at radius 3 is 2.24 bits per heavy atom. The van der Waals surface area contributed by atoms with E-state index in [-0.39, 0.29) is 23.8 Å². The van der Waals surface area contributed by atoms with E-state index in [1.54, 1.807) is 24.3 Å². The Bertz CT molecular complexity index is 581. The van der Waals surface area contributed by atoms with Crippen LogP contribution < -0.4 is 10.6 Å². The summed E-state index contributed by atoms with van der Waals surface area (Å²) in [6.45, 7) is 3.88. The van der Waals surface area contributed by atoms with Gasteiger partial charge in [0.2, 0.25) is 5.91 Å². The standard InChI is InChI=1S/C20H29ClN2O2/c1-14(2)18(23-19(24)16-12-8-9-13-17(16)21)20(25)22-15-10-6-4-3-5-7-11-15/h8-9,12-15,18H,3-7,10-11H2,1-2H3,(H,22,25)(H,23,24). The van der Waals surface area contributed by atoms with Crippen molar-refractivity contribution in [3.05, 3.63) is 34.9 Å². The van der Waals surface area contributed by atoms with Gasteiger partial charge in [0.15, 0.2) is 0 Å². The molecule has 0 saturated heterocycles. The lowest BCUT2D eigenvalue weighted by Gasteiger charge is -2.26. The lowest BCUT2D eigenvalue weighted by atomic mass is 9.95. The summed E-state index contributed by atoms with van der Waals surface area (Å²) in [5.41, 5.74) is 0.397. The zero-order valence-corrected chi connectivity index (χ0v) is 15.9. The van der Waals surface area contributed by atoms with Gasteiger partial charge in [-0.2, -0.15) is 0 Å². The zero-order chi connectivity index (χ0) is 18.2. The fourth-order valence-corrected chi connectivity index (χ4v) is 3.51. The van der Waals surface area contributed by atoms with Crippen LogP contribution in [0.1, 0.15) is 69.2 Å². The van der Waals surface area contributed by atoms with Gasteiger partial charge >= 0.3 is 0 Å². The van der Waals surface area contributed by atoms with E-state index in [0.717, 1.165) is 25.7 Å². The molecule has 0 bridgehead atoms. The molecule has 1 atom stereocenters. The van der Waals surface area contributed by atoms with Crippen molar-refractivity contribution in [2.24, 2.45) is 5.92 Å². The second kappa shape index (κ2) is 9.81. The number of rotatable bonds is 5. The van der Waals surface area contributed by atoms with Gasteiger partial charge in [-0.25, -0.2) is 0 Å². The van der Waals surface area contributed by atoms with Crippen LogP contribution in [-0.2, 0) is 4.79 Å². The summed E-state index contributed by atoms with van der Waals surface area (Å²) in [5.74, 6) is -0.405. The second-order valence-corrected chi connectivity index (χ2v) is 7.63. The molecular weight excluding hydrogens is 336 g/mol. The SMILES string of the molecule is CC(C)C(NC(=O)c1ccccc1Cl)C(=O)NC1CCCCCCC1. The van der Waals surface area contributed by atoms with Crippen LogP contribution in [0.5, 0.6) is 0 Å². The monoisotopic (exact) mass is 364 g/mol. The fourth-order valence-electron chi connectivity index (χ4n) is 3.29. The van der Waals surface area contributed by atoms with E-state index in [1.807, 2.05) is 13.8 Å². The van der Waals surface area contributed by atoms with Crippen LogP contribution in [0, 0.1) is 5.92 Å². The highest BCUT2D eigenvalue weighted by molar-refractivity contribution is 6.33. The average molecular weight is 365 g/mol. The molecule has 2 rings (SSSR count). The van der Waals surface area contributed by atoms with E-state index < -0.39 is 6.04 Å². The molecule has 138 valence electrons. The Balaban J connectivity index is 2.00. The van der Waals surface area contributed by atoms with Crippen LogP contribution in [0.3, 0.4) is 0 Å². The molecule has 5 heteroatoms. The summed E-state index contributed by atoms with van der Waals surface area (Å²) in [5, 5.41) is 6.40. The van der Waals surface area contributed by atoms with E-state index in [0.29, 0.717) is 10.6 Å². The average Bonchev–Trinajstić information content (AvgIpc) is 2.54. The number of hydrogen-bond acceptors (Lipinski definition) is 2. The van der Waals surface area contributed by atoms with Crippen LogP contribution >= 0.6 is 11.6 Å². The molecular formula is C20H29ClN2O2. The Morgan fingerprint density at radius 1 is 1.04 bits per heavy atom. The van der Waals surface area contributed by atoms with Gasteiger partial charge in [0.1, 0.15) is 6.04 Å². The lowest BCUT2D eigenvalue weighted by Crippen LogP contribution is -2.52. The summed E-state index contributed by atoms with van der Waals surface area (Å²) >= 11 is 6.09. The van der Waals surface area contributed by atoms with Gasteiger partial charge in [0, 0.05) is 6.04 Å². The highest BCUT2D eigenvalue weighted by Crippen LogP contribution is 2.18. The summed E-state index contributed by atoms with van der Waals surface area (Å²) in [6, 6.07) is 6.54. The third-order valence-corrected chi connectivity index (χ3v) is 5.14. The topological polar surface area (TPSA) is 58.2 Å². The first-order chi connectivity index (χ1) is 12.0.